The summed E-state index contributed by atoms with van der Waals surface area (Å²) in [4.78, 5) is 40.1. The van der Waals surface area contributed by atoms with E-state index in [9.17, 15) is 14.4 Å². The third kappa shape index (κ3) is 8.52. The van der Waals surface area contributed by atoms with Gasteiger partial charge in [0.25, 0.3) is 0 Å². The second-order valence-electron chi connectivity index (χ2n) is 11.4. The van der Waals surface area contributed by atoms with Gasteiger partial charge in [-0.15, -0.1) is 0 Å². The maximum absolute atomic E-state index is 13.2. The van der Waals surface area contributed by atoms with Gasteiger partial charge >= 0.3 is 18.2 Å². The first kappa shape index (κ1) is 28.6. The number of hydrogen-bond donors (Lipinski definition) is 0. The Hall–Kier alpha value is -3.01. The van der Waals surface area contributed by atoms with Crippen molar-refractivity contribution < 1.29 is 42.8 Å². The fourth-order valence-corrected chi connectivity index (χ4v) is 4.11. The van der Waals surface area contributed by atoms with Crippen LogP contribution in [0.15, 0.2) is 24.3 Å². The highest BCUT2D eigenvalue weighted by atomic mass is 16.7. The van der Waals surface area contributed by atoms with Crippen LogP contribution < -0.4 is 4.74 Å². The molecule has 0 spiro atoms. The summed E-state index contributed by atoms with van der Waals surface area (Å²) in [6.45, 7) is 11.5. The minimum absolute atomic E-state index is 0.0144. The molecule has 0 aromatic heterocycles. The topological polar surface area (TPSA) is 110 Å². The van der Waals surface area contributed by atoms with Crippen LogP contribution in [0.2, 0.25) is 0 Å². The van der Waals surface area contributed by atoms with Crippen LogP contribution in [0.25, 0.3) is 0 Å². The van der Waals surface area contributed by atoms with Gasteiger partial charge in [-0.2, -0.15) is 0 Å². The van der Waals surface area contributed by atoms with Crippen molar-refractivity contribution in [2.24, 2.45) is 5.92 Å². The lowest BCUT2D eigenvalue weighted by atomic mass is 10.00. The summed E-state index contributed by atoms with van der Waals surface area (Å²) in [7, 11) is 1.58. The van der Waals surface area contributed by atoms with Gasteiger partial charge in [0.1, 0.15) is 17.0 Å². The van der Waals surface area contributed by atoms with Gasteiger partial charge in [0.15, 0.2) is 12.2 Å². The highest BCUT2D eigenvalue weighted by Gasteiger charge is 2.50. The Labute approximate surface area is 218 Å². The van der Waals surface area contributed by atoms with Crippen molar-refractivity contribution in [3.63, 3.8) is 0 Å². The van der Waals surface area contributed by atoms with E-state index in [4.69, 9.17) is 28.4 Å². The van der Waals surface area contributed by atoms with Crippen molar-refractivity contribution in [3.8, 4) is 5.75 Å². The molecule has 0 radical (unpaired) electrons. The van der Waals surface area contributed by atoms with E-state index in [1.807, 2.05) is 24.3 Å². The first-order valence-corrected chi connectivity index (χ1v) is 12.5. The Morgan fingerprint density at radius 2 is 1.57 bits per heavy atom. The predicted molar refractivity (Wildman–Crippen MR) is 133 cm³/mol. The van der Waals surface area contributed by atoms with Crippen LogP contribution in [0, 0.1) is 5.92 Å². The molecule has 1 amide bonds. The van der Waals surface area contributed by atoms with E-state index < -0.39 is 47.7 Å². The molecule has 3 atom stereocenters. The van der Waals surface area contributed by atoms with Crippen molar-refractivity contribution in [2.75, 3.05) is 26.9 Å². The Kier molecular flexibility index (Phi) is 8.94. The van der Waals surface area contributed by atoms with E-state index >= 15 is 0 Å². The molecule has 37 heavy (non-hydrogen) atoms. The standard InChI is InChI=1S/C27H39NO9/c1-26(2,3)36-24(30)28-14-21(34-25(31)37-27(4,5)6)23(35-22(29)13-18-15-33-16-18)20(28)12-17-8-10-19(32-7)11-9-17/h8-11,18,20-21,23H,12-16H2,1-7H3/t20-,21+,23+/m1/s1. The minimum Gasteiger partial charge on any atom is -0.497 e. The van der Waals surface area contributed by atoms with Gasteiger partial charge < -0.3 is 28.4 Å². The van der Waals surface area contributed by atoms with Crippen LogP contribution in [-0.4, -0.2) is 79.4 Å². The second-order valence-corrected chi connectivity index (χ2v) is 11.4. The Balaban J connectivity index is 1.89. The number of benzene rings is 1. The lowest BCUT2D eigenvalue weighted by Gasteiger charge is -2.31. The van der Waals surface area contributed by atoms with Crippen LogP contribution >= 0.6 is 0 Å². The minimum atomic E-state index is -0.938. The van der Waals surface area contributed by atoms with Gasteiger partial charge in [0, 0.05) is 5.92 Å². The van der Waals surface area contributed by atoms with Crippen LogP contribution in [0.5, 0.6) is 5.75 Å². The molecule has 0 saturated carbocycles. The van der Waals surface area contributed by atoms with E-state index in [0.717, 1.165) is 5.56 Å². The van der Waals surface area contributed by atoms with E-state index in [-0.39, 0.29) is 18.9 Å². The van der Waals surface area contributed by atoms with Gasteiger partial charge in [0.2, 0.25) is 0 Å². The highest BCUT2D eigenvalue weighted by Crippen LogP contribution is 2.31. The third-order valence-electron chi connectivity index (χ3n) is 5.82. The van der Waals surface area contributed by atoms with Crippen molar-refractivity contribution >= 4 is 18.2 Å². The van der Waals surface area contributed by atoms with Crippen molar-refractivity contribution in [1.82, 2.24) is 4.90 Å². The molecule has 2 aliphatic rings. The van der Waals surface area contributed by atoms with Crippen molar-refractivity contribution in [3.05, 3.63) is 29.8 Å². The monoisotopic (exact) mass is 521 g/mol. The van der Waals surface area contributed by atoms with Gasteiger partial charge in [-0.3, -0.25) is 9.69 Å². The normalized spacial score (nSPS) is 22.1. The number of amides is 1. The molecule has 2 heterocycles. The molecular weight excluding hydrogens is 482 g/mol. The number of ether oxygens (including phenoxy) is 6. The van der Waals surface area contributed by atoms with Crippen LogP contribution in [-0.2, 0) is 34.9 Å². The van der Waals surface area contributed by atoms with E-state index in [2.05, 4.69) is 0 Å². The molecule has 2 saturated heterocycles. The highest BCUT2D eigenvalue weighted by molar-refractivity contribution is 5.72. The van der Waals surface area contributed by atoms with Gasteiger partial charge in [0.05, 0.1) is 39.3 Å². The Bertz CT molecular complexity index is 944. The quantitative estimate of drug-likeness (QED) is 0.386. The number of rotatable bonds is 7. The van der Waals surface area contributed by atoms with Gasteiger partial charge in [-0.25, -0.2) is 9.59 Å². The summed E-state index contributed by atoms with van der Waals surface area (Å²) in [6.07, 6.45) is -2.84. The maximum Gasteiger partial charge on any atom is 0.509 e. The fraction of sp³-hybridized carbons (Fsp3) is 0.667. The molecule has 0 aliphatic carbocycles. The average Bonchev–Trinajstić information content (AvgIpc) is 3.05. The first-order valence-electron chi connectivity index (χ1n) is 12.5. The fourth-order valence-electron chi connectivity index (χ4n) is 4.11. The van der Waals surface area contributed by atoms with E-state index in [1.165, 1.54) is 4.90 Å². The number of carbonyl (C=O) groups is 3. The van der Waals surface area contributed by atoms with Crippen molar-refractivity contribution in [2.45, 2.75) is 83.8 Å². The molecule has 2 aliphatic heterocycles. The smallest absolute Gasteiger partial charge is 0.497 e. The summed E-state index contributed by atoms with van der Waals surface area (Å²) < 4.78 is 32.9. The number of carbonyl (C=O) groups excluding carboxylic acids is 3. The molecule has 3 rings (SSSR count). The molecule has 10 nitrogen and oxygen atoms in total. The first-order chi connectivity index (χ1) is 17.2. The molecule has 0 N–H and O–H groups in total. The number of likely N-dealkylation sites (tertiary alicyclic amines) is 1. The zero-order valence-corrected chi connectivity index (χ0v) is 22.8. The Morgan fingerprint density at radius 3 is 2.08 bits per heavy atom. The average molecular weight is 522 g/mol. The van der Waals surface area contributed by atoms with Crippen molar-refractivity contribution in [1.29, 1.82) is 0 Å². The molecule has 1 aromatic carbocycles. The lowest BCUT2D eigenvalue weighted by Crippen LogP contribution is -2.45. The SMILES string of the molecule is COc1ccc(C[C@@H]2[C@H](OC(=O)CC3COC3)[C@@H](OC(=O)OC(C)(C)C)CN2C(=O)OC(C)(C)C)cc1. The molecule has 1 aromatic rings. The van der Waals surface area contributed by atoms with E-state index in [1.54, 1.807) is 48.7 Å². The summed E-state index contributed by atoms with van der Waals surface area (Å²) >= 11 is 0. The van der Waals surface area contributed by atoms with Crippen LogP contribution in [0.1, 0.15) is 53.5 Å². The Morgan fingerprint density at radius 1 is 0.946 bits per heavy atom. The van der Waals surface area contributed by atoms with Gasteiger partial charge in [-0.05, 0) is 65.7 Å². The summed E-state index contributed by atoms with van der Waals surface area (Å²) in [5, 5.41) is 0. The number of methoxy groups -OCH3 is 1. The summed E-state index contributed by atoms with van der Waals surface area (Å²) in [5.41, 5.74) is -0.646. The number of hydrogen-bond acceptors (Lipinski definition) is 9. The summed E-state index contributed by atoms with van der Waals surface area (Å²) in [5.74, 6) is 0.332. The molecular formula is C27H39NO9. The van der Waals surface area contributed by atoms with E-state index in [0.29, 0.717) is 25.4 Å². The zero-order chi connectivity index (χ0) is 27.4. The molecule has 206 valence electrons. The van der Waals surface area contributed by atoms with Gasteiger partial charge in [-0.1, -0.05) is 12.1 Å². The van der Waals surface area contributed by atoms with Crippen LogP contribution in [0.4, 0.5) is 9.59 Å². The molecule has 0 bridgehead atoms. The number of nitrogens with zero attached hydrogens (tertiary/aromatic N) is 1. The number of esters is 1. The third-order valence-corrected chi connectivity index (χ3v) is 5.82. The molecule has 10 heteroatoms. The van der Waals surface area contributed by atoms with Crippen LogP contribution in [0.3, 0.4) is 0 Å². The lowest BCUT2D eigenvalue weighted by molar-refractivity contribution is -0.161. The largest absolute Gasteiger partial charge is 0.509 e. The predicted octanol–water partition coefficient (Wildman–Crippen LogP) is 4.13. The molecule has 0 unspecified atom stereocenters. The molecule has 2 fully saturated rings. The summed E-state index contributed by atoms with van der Waals surface area (Å²) in [6, 6.07) is 6.73. The second kappa shape index (κ2) is 11.6. The maximum atomic E-state index is 13.2. The zero-order valence-electron chi connectivity index (χ0n) is 22.8.